The van der Waals surface area contributed by atoms with E-state index in [1.807, 2.05) is 11.8 Å². The van der Waals surface area contributed by atoms with Crippen LogP contribution in [0.2, 0.25) is 0 Å². The van der Waals surface area contributed by atoms with Crippen molar-refractivity contribution in [2.75, 3.05) is 6.54 Å². The van der Waals surface area contributed by atoms with E-state index in [9.17, 15) is 4.79 Å². The van der Waals surface area contributed by atoms with Crippen LogP contribution in [0.4, 0.5) is 0 Å². The lowest BCUT2D eigenvalue weighted by atomic mass is 10.1. The molecule has 0 spiro atoms. The van der Waals surface area contributed by atoms with Crippen LogP contribution in [-0.4, -0.2) is 37.6 Å². The highest BCUT2D eigenvalue weighted by atomic mass is 16.5. The highest BCUT2D eigenvalue weighted by Crippen LogP contribution is 2.30. The maximum Gasteiger partial charge on any atom is 0.257 e. The van der Waals surface area contributed by atoms with Gasteiger partial charge in [-0.3, -0.25) is 4.79 Å². The maximum absolute atomic E-state index is 13.2. The van der Waals surface area contributed by atoms with Gasteiger partial charge in [-0.2, -0.15) is 4.98 Å². The molecular formula is C17H19N5O3. The van der Waals surface area contributed by atoms with Gasteiger partial charge in [0.2, 0.25) is 5.89 Å². The number of hydrogen-bond donors (Lipinski definition) is 0. The van der Waals surface area contributed by atoms with Gasteiger partial charge in [0, 0.05) is 19.7 Å². The second kappa shape index (κ2) is 6.27. The SMILES string of the molecule is Cc1nc(C2CCCCCN2C(=O)c2cnc3onc(C)c3c2)no1. The molecule has 1 aliphatic heterocycles. The molecular weight excluding hydrogens is 322 g/mol. The smallest absolute Gasteiger partial charge is 0.257 e. The van der Waals surface area contributed by atoms with Crippen molar-refractivity contribution >= 4 is 17.0 Å². The summed E-state index contributed by atoms with van der Waals surface area (Å²) in [7, 11) is 0. The van der Waals surface area contributed by atoms with Crippen molar-refractivity contribution in [1.82, 2.24) is 25.2 Å². The fourth-order valence-electron chi connectivity index (χ4n) is 3.30. The van der Waals surface area contributed by atoms with Crippen LogP contribution in [-0.2, 0) is 0 Å². The molecule has 0 radical (unpaired) electrons. The van der Waals surface area contributed by atoms with E-state index in [1.54, 1.807) is 19.2 Å². The third kappa shape index (κ3) is 2.88. The molecule has 8 nitrogen and oxygen atoms in total. The Balaban J connectivity index is 1.70. The molecule has 0 aromatic carbocycles. The molecule has 0 bridgehead atoms. The molecule has 1 saturated heterocycles. The molecule has 4 heterocycles. The van der Waals surface area contributed by atoms with E-state index in [4.69, 9.17) is 9.05 Å². The Bertz CT molecular complexity index is 916. The Morgan fingerprint density at radius 2 is 2.08 bits per heavy atom. The number of nitrogens with zero attached hydrogens (tertiary/aromatic N) is 5. The Hall–Kier alpha value is -2.77. The minimum atomic E-state index is -0.174. The van der Waals surface area contributed by atoms with Crippen molar-refractivity contribution in [2.24, 2.45) is 0 Å². The van der Waals surface area contributed by atoms with E-state index >= 15 is 0 Å². The zero-order valence-electron chi connectivity index (χ0n) is 14.2. The molecule has 0 aliphatic carbocycles. The number of carbonyl (C=O) groups is 1. The largest absolute Gasteiger partial charge is 0.340 e. The summed E-state index contributed by atoms with van der Waals surface area (Å²) in [6, 6.07) is 1.62. The fourth-order valence-corrected chi connectivity index (χ4v) is 3.30. The summed E-state index contributed by atoms with van der Waals surface area (Å²) < 4.78 is 10.2. The van der Waals surface area contributed by atoms with Gasteiger partial charge in [-0.25, -0.2) is 4.98 Å². The summed E-state index contributed by atoms with van der Waals surface area (Å²) in [5.41, 5.74) is 1.68. The number of aromatic nitrogens is 4. The molecule has 1 unspecified atom stereocenters. The quantitative estimate of drug-likeness (QED) is 0.706. The standard InChI is InChI=1S/C17H19N5O3/c1-10-13-8-12(9-18-16(13)25-20-10)17(23)22-7-5-3-4-6-14(22)15-19-11(2)24-21-15/h8-9,14H,3-7H2,1-2H3. The van der Waals surface area contributed by atoms with E-state index < -0.39 is 0 Å². The molecule has 3 aromatic heterocycles. The lowest BCUT2D eigenvalue weighted by molar-refractivity contribution is 0.0670. The van der Waals surface area contributed by atoms with Crippen molar-refractivity contribution in [3.8, 4) is 0 Å². The topological polar surface area (TPSA) is 98.2 Å². The van der Waals surface area contributed by atoms with Gasteiger partial charge < -0.3 is 13.9 Å². The van der Waals surface area contributed by atoms with Crippen molar-refractivity contribution in [3.05, 3.63) is 35.2 Å². The number of amides is 1. The van der Waals surface area contributed by atoms with Crippen LogP contribution < -0.4 is 0 Å². The van der Waals surface area contributed by atoms with Crippen LogP contribution in [0, 0.1) is 13.8 Å². The van der Waals surface area contributed by atoms with Crippen molar-refractivity contribution in [1.29, 1.82) is 0 Å². The first kappa shape index (κ1) is 15.7. The van der Waals surface area contributed by atoms with Crippen molar-refractivity contribution in [3.63, 3.8) is 0 Å². The molecule has 1 amide bonds. The van der Waals surface area contributed by atoms with Gasteiger partial charge in [0.15, 0.2) is 5.82 Å². The zero-order valence-corrected chi connectivity index (χ0v) is 14.2. The van der Waals surface area contributed by atoms with Gasteiger partial charge in [-0.1, -0.05) is 23.2 Å². The van der Waals surface area contributed by atoms with Crippen molar-refractivity contribution in [2.45, 2.75) is 45.6 Å². The van der Waals surface area contributed by atoms with Crippen LogP contribution in [0.15, 0.2) is 21.3 Å². The van der Waals surface area contributed by atoms with E-state index in [0.717, 1.165) is 36.8 Å². The molecule has 3 aromatic rings. The van der Waals surface area contributed by atoms with Gasteiger partial charge in [-0.15, -0.1) is 0 Å². The number of likely N-dealkylation sites (tertiary alicyclic amines) is 1. The van der Waals surface area contributed by atoms with Crippen LogP contribution >= 0.6 is 0 Å². The Kier molecular flexibility index (Phi) is 3.95. The summed E-state index contributed by atoms with van der Waals surface area (Å²) in [6.45, 7) is 4.25. The molecule has 130 valence electrons. The number of aryl methyl sites for hydroxylation is 2. The molecule has 25 heavy (non-hydrogen) atoms. The Morgan fingerprint density at radius 3 is 2.88 bits per heavy atom. The van der Waals surface area contributed by atoms with Crippen LogP contribution in [0.3, 0.4) is 0 Å². The lowest BCUT2D eigenvalue weighted by Gasteiger charge is -2.27. The van der Waals surface area contributed by atoms with Gasteiger partial charge in [0.05, 0.1) is 22.7 Å². The van der Waals surface area contributed by atoms with E-state index in [-0.39, 0.29) is 11.9 Å². The molecule has 0 saturated carbocycles. The van der Waals surface area contributed by atoms with E-state index in [2.05, 4.69) is 20.3 Å². The number of carbonyl (C=O) groups excluding carboxylic acids is 1. The number of rotatable bonds is 2. The predicted octanol–water partition coefficient (Wildman–Crippen LogP) is 2.98. The molecule has 0 N–H and O–H groups in total. The number of pyridine rings is 1. The Morgan fingerprint density at radius 1 is 1.20 bits per heavy atom. The molecule has 1 fully saturated rings. The van der Waals surface area contributed by atoms with Gasteiger partial charge in [0.1, 0.15) is 0 Å². The van der Waals surface area contributed by atoms with Crippen molar-refractivity contribution < 1.29 is 13.8 Å². The minimum Gasteiger partial charge on any atom is -0.340 e. The summed E-state index contributed by atoms with van der Waals surface area (Å²) in [4.78, 5) is 23.6. The van der Waals surface area contributed by atoms with Gasteiger partial charge >= 0.3 is 0 Å². The average Bonchev–Trinajstić information content (AvgIpc) is 3.12. The van der Waals surface area contributed by atoms with Crippen LogP contribution in [0.1, 0.15) is 59.5 Å². The van der Waals surface area contributed by atoms with Gasteiger partial charge in [-0.05, 0) is 25.8 Å². The van der Waals surface area contributed by atoms with Crippen LogP contribution in [0.5, 0.6) is 0 Å². The second-order valence-electron chi connectivity index (χ2n) is 6.38. The van der Waals surface area contributed by atoms with E-state index in [1.165, 1.54) is 0 Å². The third-order valence-corrected chi connectivity index (χ3v) is 4.61. The Labute approximate surface area is 144 Å². The number of hydrogen-bond acceptors (Lipinski definition) is 7. The fraction of sp³-hybridized carbons (Fsp3) is 0.471. The first-order valence-electron chi connectivity index (χ1n) is 8.46. The molecule has 4 rings (SSSR count). The number of fused-ring (bicyclic) bond motifs is 1. The zero-order chi connectivity index (χ0) is 17.4. The third-order valence-electron chi connectivity index (χ3n) is 4.61. The summed E-state index contributed by atoms with van der Waals surface area (Å²) in [5.74, 6) is 1.00. The van der Waals surface area contributed by atoms with E-state index in [0.29, 0.717) is 29.5 Å². The molecule has 8 heteroatoms. The second-order valence-corrected chi connectivity index (χ2v) is 6.38. The molecule has 1 atom stereocenters. The highest BCUT2D eigenvalue weighted by Gasteiger charge is 2.31. The van der Waals surface area contributed by atoms with Crippen LogP contribution in [0.25, 0.3) is 11.1 Å². The summed E-state index contributed by atoms with van der Waals surface area (Å²) >= 11 is 0. The van der Waals surface area contributed by atoms with Gasteiger partial charge in [0.25, 0.3) is 11.6 Å². The lowest BCUT2D eigenvalue weighted by Crippen LogP contribution is -2.35. The monoisotopic (exact) mass is 341 g/mol. The normalized spacial score (nSPS) is 18.5. The summed E-state index contributed by atoms with van der Waals surface area (Å²) in [5, 5.41) is 8.69. The highest BCUT2D eigenvalue weighted by molar-refractivity contribution is 5.97. The first-order chi connectivity index (χ1) is 12.1. The maximum atomic E-state index is 13.2. The first-order valence-corrected chi connectivity index (χ1v) is 8.46. The molecule has 1 aliphatic rings. The average molecular weight is 341 g/mol. The minimum absolute atomic E-state index is 0.0793. The summed E-state index contributed by atoms with van der Waals surface area (Å²) in [6.07, 6.45) is 5.44. The predicted molar refractivity (Wildman–Crippen MR) is 87.8 cm³/mol.